The highest BCUT2D eigenvalue weighted by Gasteiger charge is 2.20. The Labute approximate surface area is 192 Å². The maximum absolute atomic E-state index is 12.0. The number of pyridine rings is 1. The predicted molar refractivity (Wildman–Crippen MR) is 125 cm³/mol. The van der Waals surface area contributed by atoms with E-state index >= 15 is 0 Å². The molecule has 2 N–H and O–H groups in total. The Morgan fingerprint density at radius 2 is 2.14 bits per heavy atom. The summed E-state index contributed by atoms with van der Waals surface area (Å²) in [5.41, 5.74) is 1.57. The number of hydrogen-bond donors (Lipinski definition) is 2. The molecule has 0 saturated heterocycles. The van der Waals surface area contributed by atoms with Crippen LogP contribution in [-0.4, -0.2) is 42.2 Å². The van der Waals surface area contributed by atoms with Crippen molar-refractivity contribution >= 4 is 47.2 Å². The SMILES string of the molecule is CCNC(=NCc1cccnc1OC)NC(C)c1nc(C)c(C(=O)OCC)s1.I. The molecule has 0 aliphatic rings. The first-order chi connectivity index (χ1) is 13.5. The number of halogens is 1. The average Bonchev–Trinajstić information content (AvgIpc) is 3.08. The first-order valence-corrected chi connectivity index (χ1v) is 9.98. The number of carbonyl (C=O) groups is 1. The number of rotatable bonds is 8. The number of hydrogen-bond acceptors (Lipinski definition) is 7. The lowest BCUT2D eigenvalue weighted by molar-refractivity contribution is 0.0531. The lowest BCUT2D eigenvalue weighted by atomic mass is 10.3. The second-order valence-electron chi connectivity index (χ2n) is 5.92. The summed E-state index contributed by atoms with van der Waals surface area (Å²) in [7, 11) is 1.59. The zero-order valence-electron chi connectivity index (χ0n) is 17.3. The van der Waals surface area contributed by atoms with Crippen molar-refractivity contribution in [2.75, 3.05) is 20.3 Å². The van der Waals surface area contributed by atoms with Crippen LogP contribution in [-0.2, 0) is 11.3 Å². The van der Waals surface area contributed by atoms with Crippen molar-refractivity contribution < 1.29 is 14.3 Å². The van der Waals surface area contributed by atoms with Crippen molar-refractivity contribution in [2.45, 2.75) is 40.3 Å². The second-order valence-corrected chi connectivity index (χ2v) is 6.95. The number of carbonyl (C=O) groups excluding carboxylic acids is 1. The Kier molecular flexibility index (Phi) is 10.9. The molecule has 0 amide bonds. The van der Waals surface area contributed by atoms with Crippen LogP contribution in [0.3, 0.4) is 0 Å². The van der Waals surface area contributed by atoms with Gasteiger partial charge in [0.2, 0.25) is 5.88 Å². The van der Waals surface area contributed by atoms with Crippen LogP contribution in [0.2, 0.25) is 0 Å². The molecule has 29 heavy (non-hydrogen) atoms. The van der Waals surface area contributed by atoms with E-state index < -0.39 is 0 Å². The molecule has 0 aliphatic carbocycles. The molecule has 0 spiro atoms. The van der Waals surface area contributed by atoms with E-state index in [2.05, 4.69) is 25.6 Å². The zero-order valence-corrected chi connectivity index (χ0v) is 20.5. The number of nitrogens with zero attached hydrogens (tertiary/aromatic N) is 3. The average molecular weight is 533 g/mol. The third kappa shape index (κ3) is 7.11. The third-order valence-electron chi connectivity index (χ3n) is 3.79. The van der Waals surface area contributed by atoms with Gasteiger partial charge in [-0.1, -0.05) is 6.07 Å². The van der Waals surface area contributed by atoms with Crippen LogP contribution in [0.1, 0.15) is 52.7 Å². The molecule has 160 valence electrons. The van der Waals surface area contributed by atoms with E-state index in [0.29, 0.717) is 42.1 Å². The van der Waals surface area contributed by atoms with Gasteiger partial charge in [-0.15, -0.1) is 35.3 Å². The number of guanidine groups is 1. The van der Waals surface area contributed by atoms with Crippen molar-refractivity contribution in [1.29, 1.82) is 0 Å². The van der Waals surface area contributed by atoms with Crippen molar-refractivity contribution in [3.63, 3.8) is 0 Å². The Morgan fingerprint density at radius 1 is 1.38 bits per heavy atom. The summed E-state index contributed by atoms with van der Waals surface area (Å²) < 4.78 is 10.4. The van der Waals surface area contributed by atoms with Crippen molar-refractivity contribution in [3.05, 3.63) is 39.5 Å². The second kappa shape index (κ2) is 12.6. The summed E-state index contributed by atoms with van der Waals surface area (Å²) >= 11 is 1.34. The molecule has 1 unspecified atom stereocenters. The molecule has 8 nitrogen and oxygen atoms in total. The van der Waals surface area contributed by atoms with Gasteiger partial charge in [0.25, 0.3) is 0 Å². The highest BCUT2D eigenvalue weighted by atomic mass is 127. The lowest BCUT2D eigenvalue weighted by Gasteiger charge is -2.16. The first kappa shape index (κ1) is 25.1. The van der Waals surface area contributed by atoms with E-state index in [0.717, 1.165) is 10.6 Å². The number of aryl methyl sites for hydroxylation is 1. The summed E-state index contributed by atoms with van der Waals surface area (Å²) in [6, 6.07) is 3.66. The van der Waals surface area contributed by atoms with Gasteiger partial charge >= 0.3 is 5.97 Å². The number of thiazole rings is 1. The number of aliphatic imine (C=N–C) groups is 1. The Balaban J connectivity index is 0.00000420. The molecule has 10 heteroatoms. The molecule has 0 fully saturated rings. The first-order valence-electron chi connectivity index (χ1n) is 9.17. The van der Waals surface area contributed by atoms with Gasteiger partial charge in [0.1, 0.15) is 9.88 Å². The Hall–Kier alpha value is -1.95. The Morgan fingerprint density at radius 3 is 2.79 bits per heavy atom. The number of nitrogens with one attached hydrogen (secondary N) is 2. The van der Waals surface area contributed by atoms with E-state index in [-0.39, 0.29) is 36.0 Å². The summed E-state index contributed by atoms with van der Waals surface area (Å²) in [5, 5.41) is 7.34. The van der Waals surface area contributed by atoms with Crippen LogP contribution in [0.15, 0.2) is 23.3 Å². The minimum Gasteiger partial charge on any atom is -0.481 e. The summed E-state index contributed by atoms with van der Waals surface area (Å²) in [4.78, 5) is 25.9. The van der Waals surface area contributed by atoms with Crippen LogP contribution in [0, 0.1) is 6.92 Å². The topological polar surface area (TPSA) is 97.7 Å². The number of aromatic nitrogens is 2. The summed E-state index contributed by atoms with van der Waals surface area (Å²) in [5.74, 6) is 0.872. The van der Waals surface area contributed by atoms with E-state index in [1.165, 1.54) is 11.3 Å². The maximum atomic E-state index is 12.0. The van der Waals surface area contributed by atoms with Crippen molar-refractivity contribution in [2.24, 2.45) is 4.99 Å². The van der Waals surface area contributed by atoms with Crippen LogP contribution in [0.5, 0.6) is 5.88 Å². The van der Waals surface area contributed by atoms with Crippen LogP contribution >= 0.6 is 35.3 Å². The molecule has 0 radical (unpaired) electrons. The van der Waals surface area contributed by atoms with Crippen molar-refractivity contribution in [3.8, 4) is 5.88 Å². The molecule has 0 bridgehead atoms. The highest BCUT2D eigenvalue weighted by Crippen LogP contribution is 2.24. The minimum absolute atomic E-state index is 0. The normalized spacial score (nSPS) is 12.0. The quantitative estimate of drug-likeness (QED) is 0.232. The molecule has 2 aromatic heterocycles. The summed E-state index contributed by atoms with van der Waals surface area (Å²) in [6.45, 7) is 9.05. The molecule has 1 atom stereocenters. The van der Waals surface area contributed by atoms with E-state index in [9.17, 15) is 4.79 Å². The fourth-order valence-corrected chi connectivity index (χ4v) is 3.43. The Bertz CT molecular complexity index is 828. The van der Waals surface area contributed by atoms with Gasteiger partial charge in [0, 0.05) is 18.3 Å². The third-order valence-corrected chi connectivity index (χ3v) is 5.11. The lowest BCUT2D eigenvalue weighted by Crippen LogP contribution is -2.38. The predicted octanol–water partition coefficient (Wildman–Crippen LogP) is 3.47. The van der Waals surface area contributed by atoms with E-state index in [4.69, 9.17) is 9.47 Å². The van der Waals surface area contributed by atoms with Gasteiger partial charge in [0.05, 0.1) is 32.0 Å². The fraction of sp³-hybridized carbons (Fsp3) is 0.474. The smallest absolute Gasteiger partial charge is 0.350 e. The van der Waals surface area contributed by atoms with E-state index in [1.54, 1.807) is 20.2 Å². The molecule has 2 aromatic rings. The fourth-order valence-electron chi connectivity index (χ4n) is 2.47. The number of methoxy groups -OCH3 is 1. The van der Waals surface area contributed by atoms with Gasteiger partial charge in [0.15, 0.2) is 5.96 Å². The monoisotopic (exact) mass is 533 g/mol. The molecule has 0 saturated carbocycles. The standard InChI is InChI=1S/C19H27N5O3S.HI/c1-6-20-19(22-11-14-9-8-10-21-16(14)26-5)24-13(4)17-23-12(3)15(28-17)18(25)27-7-2;/h8-10,13H,6-7,11H2,1-5H3,(H2,20,22,24);1H. The summed E-state index contributed by atoms with van der Waals surface area (Å²) in [6.07, 6.45) is 1.68. The molecule has 2 heterocycles. The molecule has 2 rings (SSSR count). The van der Waals surface area contributed by atoms with Crippen LogP contribution < -0.4 is 15.4 Å². The van der Waals surface area contributed by atoms with Gasteiger partial charge < -0.3 is 20.1 Å². The number of esters is 1. The van der Waals surface area contributed by atoms with Gasteiger partial charge in [-0.25, -0.2) is 19.8 Å². The van der Waals surface area contributed by atoms with Gasteiger partial charge in [-0.2, -0.15) is 0 Å². The van der Waals surface area contributed by atoms with Crippen LogP contribution in [0.4, 0.5) is 0 Å². The van der Waals surface area contributed by atoms with Crippen molar-refractivity contribution in [1.82, 2.24) is 20.6 Å². The minimum atomic E-state index is -0.333. The zero-order chi connectivity index (χ0) is 20.5. The number of ether oxygens (including phenoxy) is 2. The molecule has 0 aromatic carbocycles. The largest absolute Gasteiger partial charge is 0.481 e. The molecule has 0 aliphatic heterocycles. The molecular formula is C19H28IN5O3S. The highest BCUT2D eigenvalue weighted by molar-refractivity contribution is 14.0. The molecular weight excluding hydrogens is 505 g/mol. The van der Waals surface area contributed by atoms with Crippen LogP contribution in [0.25, 0.3) is 0 Å². The maximum Gasteiger partial charge on any atom is 0.350 e. The van der Waals surface area contributed by atoms with Gasteiger partial charge in [-0.05, 0) is 33.8 Å². The van der Waals surface area contributed by atoms with E-state index in [1.807, 2.05) is 32.9 Å². The van der Waals surface area contributed by atoms with Gasteiger partial charge in [-0.3, -0.25) is 0 Å².